The minimum Gasteiger partial charge on any atom is -0.326 e. The summed E-state index contributed by atoms with van der Waals surface area (Å²) in [5.41, 5.74) is 16.6. The maximum Gasteiger partial charge on any atom is 0.0389 e. The monoisotopic (exact) mass is 288 g/mol. The Morgan fingerprint density at radius 3 is 2.85 bits per heavy atom. The van der Waals surface area contributed by atoms with Gasteiger partial charge < -0.3 is 5.73 Å². The minimum absolute atomic E-state index is 0.469. The molecule has 0 radical (unpaired) electrons. The molecule has 0 bridgehead atoms. The molecule has 2 N–H and O–H groups in total. The van der Waals surface area contributed by atoms with Gasteiger partial charge >= 0.3 is 0 Å². The van der Waals surface area contributed by atoms with Crippen LogP contribution < -0.4 is 5.73 Å². The summed E-state index contributed by atoms with van der Waals surface area (Å²) >= 11 is 2.20. The number of azide groups is 1. The lowest BCUT2D eigenvalue weighted by Crippen LogP contribution is -2.00. The Morgan fingerprint density at radius 2 is 2.31 bits per heavy atom. The van der Waals surface area contributed by atoms with Crippen molar-refractivity contribution in [1.29, 1.82) is 0 Å². The number of nitrogens with two attached hydrogens (primary N) is 1. The Morgan fingerprint density at radius 1 is 1.62 bits per heavy atom. The van der Waals surface area contributed by atoms with Gasteiger partial charge in [-0.15, -0.1) is 0 Å². The maximum atomic E-state index is 8.27. The zero-order valence-electron chi connectivity index (χ0n) is 7.16. The molecule has 0 atom stereocenters. The molecule has 0 aromatic heterocycles. The van der Waals surface area contributed by atoms with Crippen molar-refractivity contribution in [3.05, 3.63) is 37.3 Å². The van der Waals surface area contributed by atoms with E-state index in [1.807, 2.05) is 19.1 Å². The van der Waals surface area contributed by atoms with Crippen LogP contribution in [0.15, 0.2) is 17.2 Å². The molecule has 0 fully saturated rings. The van der Waals surface area contributed by atoms with E-state index in [1.165, 1.54) is 0 Å². The fraction of sp³-hybridized carbons (Fsp3) is 0.250. The highest BCUT2D eigenvalue weighted by molar-refractivity contribution is 14.1. The predicted molar refractivity (Wildman–Crippen MR) is 60.6 cm³/mol. The first-order valence-electron chi connectivity index (χ1n) is 3.73. The van der Waals surface area contributed by atoms with Gasteiger partial charge in [-0.1, -0.05) is 5.11 Å². The standard InChI is InChI=1S/C8H9IN4/c1-5-6(4-10)2-7(12-13-11)3-8(5)9/h2-3H,4,10H2,1H3. The van der Waals surface area contributed by atoms with Gasteiger partial charge in [0.15, 0.2) is 0 Å². The van der Waals surface area contributed by atoms with E-state index in [1.54, 1.807) is 0 Å². The normalized spacial score (nSPS) is 9.46. The van der Waals surface area contributed by atoms with E-state index in [4.69, 9.17) is 11.3 Å². The molecule has 0 unspecified atom stereocenters. The molecular formula is C8H9IN4. The summed E-state index contributed by atoms with van der Waals surface area (Å²) in [4.78, 5) is 2.73. The molecule has 0 aliphatic heterocycles. The van der Waals surface area contributed by atoms with Crippen molar-refractivity contribution in [3.63, 3.8) is 0 Å². The fourth-order valence-electron chi connectivity index (χ4n) is 1.04. The van der Waals surface area contributed by atoms with Crippen LogP contribution in [0.4, 0.5) is 5.69 Å². The van der Waals surface area contributed by atoms with Crippen LogP contribution in [-0.4, -0.2) is 0 Å². The van der Waals surface area contributed by atoms with E-state index < -0.39 is 0 Å². The average Bonchev–Trinajstić information content (AvgIpc) is 2.11. The third kappa shape index (κ3) is 2.33. The van der Waals surface area contributed by atoms with Gasteiger partial charge in [-0.2, -0.15) is 0 Å². The van der Waals surface area contributed by atoms with Crippen LogP contribution in [0.2, 0.25) is 0 Å². The van der Waals surface area contributed by atoms with Crippen molar-refractivity contribution >= 4 is 28.3 Å². The molecule has 13 heavy (non-hydrogen) atoms. The average molecular weight is 288 g/mol. The van der Waals surface area contributed by atoms with Crippen LogP contribution in [0.1, 0.15) is 11.1 Å². The maximum absolute atomic E-state index is 8.27. The quantitative estimate of drug-likeness (QED) is 0.386. The number of hydrogen-bond acceptors (Lipinski definition) is 2. The van der Waals surface area contributed by atoms with Gasteiger partial charge in [-0.25, -0.2) is 0 Å². The Balaban J connectivity index is 3.29. The van der Waals surface area contributed by atoms with Gasteiger partial charge in [-0.3, -0.25) is 0 Å². The molecule has 0 spiro atoms. The largest absolute Gasteiger partial charge is 0.326 e. The second-order valence-corrected chi connectivity index (χ2v) is 3.77. The van der Waals surface area contributed by atoms with Crippen LogP contribution >= 0.6 is 22.6 Å². The Bertz CT molecular complexity index is 369. The van der Waals surface area contributed by atoms with Crippen LogP contribution in [-0.2, 0) is 6.54 Å². The molecule has 0 saturated heterocycles. The molecule has 1 rings (SSSR count). The molecule has 4 nitrogen and oxygen atoms in total. The van der Waals surface area contributed by atoms with Crippen LogP contribution in [0.5, 0.6) is 0 Å². The Kier molecular flexibility index (Phi) is 3.53. The van der Waals surface area contributed by atoms with Crippen molar-refractivity contribution in [3.8, 4) is 0 Å². The first kappa shape index (κ1) is 10.3. The number of nitrogens with zero attached hydrogens (tertiary/aromatic N) is 3. The molecule has 1 aromatic rings. The van der Waals surface area contributed by atoms with Crippen molar-refractivity contribution in [2.75, 3.05) is 0 Å². The number of hydrogen-bond donors (Lipinski definition) is 1. The number of halogens is 1. The zero-order valence-corrected chi connectivity index (χ0v) is 9.32. The van der Waals surface area contributed by atoms with Crippen molar-refractivity contribution in [2.24, 2.45) is 10.8 Å². The minimum atomic E-state index is 0.469. The van der Waals surface area contributed by atoms with Gasteiger partial charge in [0.05, 0.1) is 0 Å². The fourth-order valence-corrected chi connectivity index (χ4v) is 1.71. The van der Waals surface area contributed by atoms with Crippen molar-refractivity contribution in [2.45, 2.75) is 13.5 Å². The molecule has 0 aliphatic rings. The molecule has 0 heterocycles. The second kappa shape index (κ2) is 4.45. The van der Waals surface area contributed by atoms with Gasteiger partial charge in [-0.05, 0) is 58.3 Å². The molecule has 0 saturated carbocycles. The van der Waals surface area contributed by atoms with Crippen molar-refractivity contribution < 1.29 is 0 Å². The van der Waals surface area contributed by atoms with Crippen LogP contribution in [0.3, 0.4) is 0 Å². The molecular weight excluding hydrogens is 279 g/mol. The summed E-state index contributed by atoms with van der Waals surface area (Å²) in [6.45, 7) is 2.47. The van der Waals surface area contributed by atoms with Gasteiger partial charge in [0.25, 0.3) is 0 Å². The highest BCUT2D eigenvalue weighted by atomic mass is 127. The van der Waals surface area contributed by atoms with Crippen LogP contribution in [0.25, 0.3) is 10.4 Å². The molecule has 0 amide bonds. The van der Waals surface area contributed by atoms with E-state index >= 15 is 0 Å². The summed E-state index contributed by atoms with van der Waals surface area (Å²) < 4.78 is 1.07. The van der Waals surface area contributed by atoms with E-state index in [0.29, 0.717) is 12.2 Å². The summed E-state index contributed by atoms with van der Waals surface area (Å²) in [6.07, 6.45) is 0. The summed E-state index contributed by atoms with van der Waals surface area (Å²) in [6, 6.07) is 3.66. The Hall–Kier alpha value is -0.780. The molecule has 5 heteroatoms. The van der Waals surface area contributed by atoms with Gasteiger partial charge in [0.2, 0.25) is 0 Å². The molecule has 0 aliphatic carbocycles. The molecule has 68 valence electrons. The SMILES string of the molecule is Cc1c(I)cc(N=[N+]=[N-])cc1CN. The molecule has 1 aromatic carbocycles. The zero-order chi connectivity index (χ0) is 9.84. The van der Waals surface area contributed by atoms with Gasteiger partial charge in [0, 0.05) is 20.7 Å². The summed E-state index contributed by atoms with van der Waals surface area (Å²) in [5.74, 6) is 0. The highest BCUT2D eigenvalue weighted by Crippen LogP contribution is 2.23. The highest BCUT2D eigenvalue weighted by Gasteiger charge is 2.02. The summed E-state index contributed by atoms with van der Waals surface area (Å²) in [7, 11) is 0. The third-order valence-corrected chi connectivity index (χ3v) is 2.94. The van der Waals surface area contributed by atoms with Gasteiger partial charge in [0.1, 0.15) is 0 Å². The third-order valence-electron chi connectivity index (χ3n) is 1.82. The lowest BCUT2D eigenvalue weighted by atomic mass is 10.1. The topological polar surface area (TPSA) is 74.8 Å². The lowest BCUT2D eigenvalue weighted by molar-refractivity contribution is 1.04. The van der Waals surface area contributed by atoms with E-state index in [-0.39, 0.29) is 0 Å². The predicted octanol–water partition coefficient (Wildman–Crippen LogP) is 3.00. The number of benzene rings is 1. The first-order valence-corrected chi connectivity index (χ1v) is 4.81. The first-order chi connectivity index (χ1) is 6.19. The lowest BCUT2D eigenvalue weighted by Gasteiger charge is -2.06. The van der Waals surface area contributed by atoms with E-state index in [0.717, 1.165) is 14.7 Å². The van der Waals surface area contributed by atoms with Crippen molar-refractivity contribution in [1.82, 2.24) is 0 Å². The number of rotatable bonds is 2. The smallest absolute Gasteiger partial charge is 0.0389 e. The summed E-state index contributed by atoms with van der Waals surface area (Å²) in [5, 5.41) is 3.54. The second-order valence-electron chi connectivity index (χ2n) is 2.61. The Labute approximate surface area is 89.9 Å². The van der Waals surface area contributed by atoms with Crippen LogP contribution in [0, 0.1) is 10.5 Å². The van der Waals surface area contributed by atoms with E-state index in [9.17, 15) is 0 Å². The van der Waals surface area contributed by atoms with E-state index in [2.05, 4.69) is 32.6 Å².